The van der Waals surface area contributed by atoms with Crippen LogP contribution >= 0.6 is 15.9 Å². The van der Waals surface area contributed by atoms with Gasteiger partial charge in [0.1, 0.15) is 0 Å². The van der Waals surface area contributed by atoms with E-state index in [0.29, 0.717) is 13.0 Å². The molecule has 0 amide bonds. The Bertz CT molecular complexity index is 434. The van der Waals surface area contributed by atoms with Crippen LogP contribution in [0.15, 0.2) is 22.7 Å². The minimum atomic E-state index is -0.701. The predicted molar refractivity (Wildman–Crippen MR) is 81.5 cm³/mol. The average molecular weight is 328 g/mol. The number of halogens is 1. The zero-order valence-corrected chi connectivity index (χ0v) is 13.4. The van der Waals surface area contributed by atoms with Crippen molar-refractivity contribution >= 4 is 21.9 Å². The normalized spacial score (nSPS) is 12.7. The van der Waals surface area contributed by atoms with Gasteiger partial charge in [-0.1, -0.05) is 28.9 Å². The van der Waals surface area contributed by atoms with E-state index in [2.05, 4.69) is 39.9 Å². The van der Waals surface area contributed by atoms with Gasteiger partial charge in [0, 0.05) is 17.6 Å². The quantitative estimate of drug-likeness (QED) is 0.834. The van der Waals surface area contributed by atoms with E-state index in [1.807, 2.05) is 20.0 Å². The van der Waals surface area contributed by atoms with E-state index in [0.717, 1.165) is 17.4 Å². The predicted octanol–water partition coefficient (Wildman–Crippen LogP) is 3.34. The number of rotatable bonds is 7. The van der Waals surface area contributed by atoms with E-state index in [1.54, 1.807) is 0 Å². The van der Waals surface area contributed by atoms with Gasteiger partial charge in [0.2, 0.25) is 0 Å². The molecular formula is C15H22BrNO2. The first-order chi connectivity index (χ1) is 8.93. The molecule has 0 aliphatic carbocycles. The lowest BCUT2D eigenvalue weighted by Gasteiger charge is -2.21. The minimum Gasteiger partial charge on any atom is -0.481 e. The molecule has 1 N–H and O–H groups in total. The first-order valence-electron chi connectivity index (χ1n) is 6.60. The van der Waals surface area contributed by atoms with Crippen molar-refractivity contribution in [1.82, 2.24) is 4.90 Å². The second kappa shape index (κ2) is 7.65. The second-order valence-corrected chi connectivity index (χ2v) is 5.94. The van der Waals surface area contributed by atoms with Gasteiger partial charge in [0.25, 0.3) is 0 Å². The number of benzene rings is 1. The van der Waals surface area contributed by atoms with Crippen molar-refractivity contribution in [3.05, 3.63) is 33.8 Å². The fourth-order valence-corrected chi connectivity index (χ4v) is 2.48. The summed E-state index contributed by atoms with van der Waals surface area (Å²) in [5.74, 6) is -0.971. The summed E-state index contributed by atoms with van der Waals surface area (Å²) in [6.07, 6.45) is 1.62. The van der Waals surface area contributed by atoms with Crippen LogP contribution in [0.1, 0.15) is 24.5 Å². The molecule has 1 rings (SSSR count). The first kappa shape index (κ1) is 16.2. The molecule has 0 bridgehead atoms. The lowest BCUT2D eigenvalue weighted by molar-refractivity contribution is -0.142. The summed E-state index contributed by atoms with van der Waals surface area (Å²) in [6, 6.07) is 6.28. The van der Waals surface area contributed by atoms with Crippen LogP contribution in [-0.2, 0) is 11.2 Å². The molecule has 0 fully saturated rings. The summed E-state index contributed by atoms with van der Waals surface area (Å²) >= 11 is 3.48. The maximum absolute atomic E-state index is 11.0. The highest BCUT2D eigenvalue weighted by atomic mass is 79.9. The van der Waals surface area contributed by atoms with Gasteiger partial charge in [-0.15, -0.1) is 0 Å². The van der Waals surface area contributed by atoms with Gasteiger partial charge in [-0.05, 0) is 50.1 Å². The van der Waals surface area contributed by atoms with Crippen LogP contribution in [0.3, 0.4) is 0 Å². The molecule has 0 aliphatic heterocycles. The fourth-order valence-electron chi connectivity index (χ4n) is 2.07. The third-order valence-electron chi connectivity index (χ3n) is 3.45. The van der Waals surface area contributed by atoms with Crippen molar-refractivity contribution < 1.29 is 9.90 Å². The van der Waals surface area contributed by atoms with Crippen molar-refractivity contribution in [2.24, 2.45) is 5.92 Å². The standard InChI is InChI=1S/C15H22BrNO2/c1-4-12(15(18)19)10-17(3)8-7-13-9-14(16)6-5-11(13)2/h5-6,9,12H,4,7-8,10H2,1-3H3,(H,18,19). The third kappa shape index (κ3) is 5.33. The molecule has 0 spiro atoms. The Morgan fingerprint density at radius 2 is 2.16 bits per heavy atom. The smallest absolute Gasteiger partial charge is 0.307 e. The summed E-state index contributed by atoms with van der Waals surface area (Å²) in [5, 5.41) is 9.06. The number of hydrogen-bond donors (Lipinski definition) is 1. The highest BCUT2D eigenvalue weighted by Crippen LogP contribution is 2.17. The Balaban J connectivity index is 2.52. The van der Waals surface area contributed by atoms with E-state index in [9.17, 15) is 4.79 Å². The van der Waals surface area contributed by atoms with Crippen molar-refractivity contribution in [3.63, 3.8) is 0 Å². The Labute approximate surface area is 123 Å². The Kier molecular flexibility index (Phi) is 6.52. The molecule has 106 valence electrons. The summed E-state index contributed by atoms with van der Waals surface area (Å²) in [7, 11) is 1.99. The largest absolute Gasteiger partial charge is 0.481 e. The van der Waals surface area contributed by atoms with Crippen LogP contribution in [0.25, 0.3) is 0 Å². The zero-order valence-electron chi connectivity index (χ0n) is 11.8. The SMILES string of the molecule is CCC(CN(C)CCc1cc(Br)ccc1C)C(=O)O. The van der Waals surface area contributed by atoms with Crippen LogP contribution in [0, 0.1) is 12.8 Å². The lowest BCUT2D eigenvalue weighted by atomic mass is 10.0. The molecule has 1 unspecified atom stereocenters. The fraction of sp³-hybridized carbons (Fsp3) is 0.533. The number of aryl methyl sites for hydroxylation is 1. The maximum atomic E-state index is 11.0. The van der Waals surface area contributed by atoms with E-state index < -0.39 is 5.97 Å². The van der Waals surface area contributed by atoms with Crippen LogP contribution in [0.5, 0.6) is 0 Å². The second-order valence-electron chi connectivity index (χ2n) is 5.03. The number of carboxylic acids is 1. The number of nitrogens with zero attached hydrogens (tertiary/aromatic N) is 1. The molecule has 4 heteroatoms. The van der Waals surface area contributed by atoms with Crippen LogP contribution < -0.4 is 0 Å². The molecule has 1 aromatic rings. The molecule has 1 atom stereocenters. The zero-order chi connectivity index (χ0) is 14.4. The van der Waals surface area contributed by atoms with Gasteiger partial charge in [0.15, 0.2) is 0 Å². The molecule has 0 saturated heterocycles. The highest BCUT2D eigenvalue weighted by molar-refractivity contribution is 9.10. The van der Waals surface area contributed by atoms with Crippen LogP contribution in [0.2, 0.25) is 0 Å². The average Bonchev–Trinajstić information content (AvgIpc) is 2.36. The lowest BCUT2D eigenvalue weighted by Crippen LogP contribution is -2.31. The summed E-state index contributed by atoms with van der Waals surface area (Å²) in [4.78, 5) is 13.1. The van der Waals surface area contributed by atoms with E-state index >= 15 is 0 Å². The van der Waals surface area contributed by atoms with Crippen LogP contribution in [0.4, 0.5) is 0 Å². The number of aliphatic carboxylic acids is 1. The number of carboxylic acid groups (broad SMARTS) is 1. The van der Waals surface area contributed by atoms with Gasteiger partial charge >= 0.3 is 5.97 Å². The minimum absolute atomic E-state index is 0.270. The van der Waals surface area contributed by atoms with Crippen molar-refractivity contribution in [2.45, 2.75) is 26.7 Å². The van der Waals surface area contributed by atoms with Crippen LogP contribution in [-0.4, -0.2) is 36.1 Å². The van der Waals surface area contributed by atoms with Gasteiger partial charge < -0.3 is 10.0 Å². The molecule has 0 heterocycles. The molecule has 0 saturated carbocycles. The van der Waals surface area contributed by atoms with Crippen molar-refractivity contribution in [3.8, 4) is 0 Å². The molecule has 1 aromatic carbocycles. The number of likely N-dealkylation sites (N-methyl/N-ethyl adjacent to an activating group) is 1. The van der Waals surface area contributed by atoms with E-state index in [4.69, 9.17) is 5.11 Å². The van der Waals surface area contributed by atoms with Gasteiger partial charge in [-0.25, -0.2) is 0 Å². The van der Waals surface area contributed by atoms with E-state index in [1.165, 1.54) is 11.1 Å². The molecule has 0 aliphatic rings. The first-order valence-corrected chi connectivity index (χ1v) is 7.39. The van der Waals surface area contributed by atoms with Gasteiger partial charge in [-0.2, -0.15) is 0 Å². The van der Waals surface area contributed by atoms with Gasteiger partial charge in [0.05, 0.1) is 5.92 Å². The van der Waals surface area contributed by atoms with Gasteiger partial charge in [-0.3, -0.25) is 4.79 Å². The monoisotopic (exact) mass is 327 g/mol. The Hall–Kier alpha value is -0.870. The molecule has 0 aromatic heterocycles. The summed E-state index contributed by atoms with van der Waals surface area (Å²) in [6.45, 7) is 5.51. The topological polar surface area (TPSA) is 40.5 Å². The van der Waals surface area contributed by atoms with E-state index in [-0.39, 0.29) is 5.92 Å². The molecule has 3 nitrogen and oxygen atoms in total. The molecule has 0 radical (unpaired) electrons. The summed E-state index contributed by atoms with van der Waals surface area (Å²) < 4.78 is 1.09. The van der Waals surface area contributed by atoms with Crippen molar-refractivity contribution in [2.75, 3.05) is 20.1 Å². The molecular weight excluding hydrogens is 306 g/mol. The summed E-state index contributed by atoms with van der Waals surface area (Å²) in [5.41, 5.74) is 2.59. The molecule has 19 heavy (non-hydrogen) atoms. The number of hydrogen-bond acceptors (Lipinski definition) is 2. The number of carbonyl (C=O) groups is 1. The van der Waals surface area contributed by atoms with Crippen molar-refractivity contribution in [1.29, 1.82) is 0 Å². The Morgan fingerprint density at radius 3 is 2.74 bits per heavy atom. The highest BCUT2D eigenvalue weighted by Gasteiger charge is 2.17. The third-order valence-corrected chi connectivity index (χ3v) is 3.94. The maximum Gasteiger partial charge on any atom is 0.307 e. The Morgan fingerprint density at radius 1 is 1.47 bits per heavy atom.